The standard InChI is InChI=1S/C20H35N5O8S/c1-10(2)8-11(21)17(29)23-12(6-7-34-3)18(30)25-14(9-16(27)28)19(31)24-13(20(32)33)4-5-15(22)26/h10-14H,4-9,21H2,1-3H3,(H2,22,26)(H,23,29)(H,24,31)(H,25,30)(H,27,28)(H,32,33). The molecule has 0 fully saturated rings. The monoisotopic (exact) mass is 505 g/mol. The molecular weight excluding hydrogens is 470 g/mol. The van der Waals surface area contributed by atoms with Gasteiger partial charge in [0.1, 0.15) is 18.1 Å². The second-order valence-electron chi connectivity index (χ2n) is 8.14. The van der Waals surface area contributed by atoms with E-state index >= 15 is 0 Å². The molecule has 0 heterocycles. The Morgan fingerprint density at radius 1 is 0.853 bits per heavy atom. The van der Waals surface area contributed by atoms with Crippen molar-refractivity contribution in [3.05, 3.63) is 0 Å². The molecule has 0 aromatic rings. The average molecular weight is 506 g/mol. The average Bonchev–Trinajstić information content (AvgIpc) is 2.71. The van der Waals surface area contributed by atoms with Gasteiger partial charge in [-0.3, -0.25) is 24.0 Å². The van der Waals surface area contributed by atoms with Crippen LogP contribution in [0.15, 0.2) is 0 Å². The second kappa shape index (κ2) is 15.9. The molecule has 194 valence electrons. The third kappa shape index (κ3) is 13.0. The highest BCUT2D eigenvalue weighted by atomic mass is 32.2. The van der Waals surface area contributed by atoms with Gasteiger partial charge >= 0.3 is 11.9 Å². The number of nitrogens with two attached hydrogens (primary N) is 2. The lowest BCUT2D eigenvalue weighted by atomic mass is 10.0. The van der Waals surface area contributed by atoms with Gasteiger partial charge in [0.05, 0.1) is 12.5 Å². The fourth-order valence-electron chi connectivity index (χ4n) is 2.87. The third-order valence-corrected chi connectivity index (χ3v) is 5.26. The minimum atomic E-state index is -1.63. The van der Waals surface area contributed by atoms with Crippen molar-refractivity contribution in [3.63, 3.8) is 0 Å². The van der Waals surface area contributed by atoms with Crippen molar-refractivity contribution in [1.82, 2.24) is 16.0 Å². The smallest absolute Gasteiger partial charge is 0.326 e. The number of amides is 4. The van der Waals surface area contributed by atoms with Gasteiger partial charge in [0, 0.05) is 6.42 Å². The van der Waals surface area contributed by atoms with E-state index in [1.807, 2.05) is 13.8 Å². The zero-order valence-electron chi connectivity index (χ0n) is 19.5. The van der Waals surface area contributed by atoms with Crippen molar-refractivity contribution in [1.29, 1.82) is 0 Å². The summed E-state index contributed by atoms with van der Waals surface area (Å²) in [6.45, 7) is 3.77. The highest BCUT2D eigenvalue weighted by Crippen LogP contribution is 2.07. The number of carboxylic acids is 2. The molecule has 0 aliphatic carbocycles. The molecular formula is C20H35N5O8S. The topological polar surface area (TPSA) is 231 Å². The molecule has 4 atom stereocenters. The van der Waals surface area contributed by atoms with E-state index in [2.05, 4.69) is 16.0 Å². The Morgan fingerprint density at radius 3 is 1.85 bits per heavy atom. The normalized spacial score (nSPS) is 14.4. The molecule has 4 unspecified atom stereocenters. The summed E-state index contributed by atoms with van der Waals surface area (Å²) in [5.41, 5.74) is 10.9. The Balaban J connectivity index is 5.48. The van der Waals surface area contributed by atoms with E-state index in [1.165, 1.54) is 11.8 Å². The lowest BCUT2D eigenvalue weighted by molar-refractivity contribution is -0.143. The Kier molecular flexibility index (Phi) is 14.5. The summed E-state index contributed by atoms with van der Waals surface area (Å²) in [7, 11) is 0. The van der Waals surface area contributed by atoms with Crippen molar-refractivity contribution in [2.45, 2.75) is 70.1 Å². The predicted molar refractivity (Wildman–Crippen MR) is 125 cm³/mol. The van der Waals surface area contributed by atoms with Crippen LogP contribution in [0.5, 0.6) is 0 Å². The molecule has 9 N–H and O–H groups in total. The Morgan fingerprint density at radius 2 is 1.38 bits per heavy atom. The molecule has 0 saturated carbocycles. The predicted octanol–water partition coefficient (Wildman–Crippen LogP) is -1.61. The minimum absolute atomic E-state index is 0.139. The molecule has 0 aromatic carbocycles. The second-order valence-corrected chi connectivity index (χ2v) is 9.13. The molecule has 14 heteroatoms. The summed E-state index contributed by atoms with van der Waals surface area (Å²) in [6, 6.07) is -5.09. The molecule has 4 amide bonds. The number of hydrogen-bond acceptors (Lipinski definition) is 8. The van der Waals surface area contributed by atoms with Gasteiger partial charge in [-0.05, 0) is 37.2 Å². The molecule has 0 aromatic heterocycles. The summed E-state index contributed by atoms with van der Waals surface area (Å²) >= 11 is 1.41. The zero-order chi connectivity index (χ0) is 26.4. The van der Waals surface area contributed by atoms with Gasteiger partial charge < -0.3 is 37.6 Å². The first kappa shape index (κ1) is 31.1. The van der Waals surface area contributed by atoms with Crippen LogP contribution in [-0.2, 0) is 28.8 Å². The van der Waals surface area contributed by atoms with Gasteiger partial charge in [-0.2, -0.15) is 11.8 Å². The van der Waals surface area contributed by atoms with Gasteiger partial charge in [0.2, 0.25) is 23.6 Å². The SMILES string of the molecule is CSCCC(NC(=O)C(N)CC(C)C)C(=O)NC(CC(=O)O)C(=O)NC(CCC(N)=O)C(=O)O. The quantitative estimate of drug-likeness (QED) is 0.119. The Hall–Kier alpha value is -2.87. The van der Waals surface area contributed by atoms with E-state index in [4.69, 9.17) is 16.6 Å². The number of nitrogens with one attached hydrogen (secondary N) is 3. The van der Waals surface area contributed by atoms with E-state index in [-0.39, 0.29) is 25.2 Å². The summed E-state index contributed by atoms with van der Waals surface area (Å²) in [6.07, 6.45) is 0.881. The highest BCUT2D eigenvalue weighted by Gasteiger charge is 2.31. The van der Waals surface area contributed by atoms with Crippen LogP contribution in [0.3, 0.4) is 0 Å². The Labute approximate surface area is 202 Å². The first-order valence-corrected chi connectivity index (χ1v) is 12.1. The maximum atomic E-state index is 12.8. The van der Waals surface area contributed by atoms with Crippen LogP contribution < -0.4 is 27.4 Å². The van der Waals surface area contributed by atoms with Crippen LogP contribution in [0.2, 0.25) is 0 Å². The van der Waals surface area contributed by atoms with E-state index in [9.17, 15) is 33.9 Å². The van der Waals surface area contributed by atoms with E-state index in [1.54, 1.807) is 6.26 Å². The fraction of sp³-hybridized carbons (Fsp3) is 0.700. The van der Waals surface area contributed by atoms with E-state index < -0.39 is 66.2 Å². The first-order valence-electron chi connectivity index (χ1n) is 10.7. The summed E-state index contributed by atoms with van der Waals surface area (Å²) < 4.78 is 0. The number of carboxylic acid groups (broad SMARTS) is 2. The van der Waals surface area contributed by atoms with E-state index in [0.717, 1.165) is 0 Å². The zero-order valence-corrected chi connectivity index (χ0v) is 20.4. The number of rotatable bonds is 17. The number of hydrogen-bond donors (Lipinski definition) is 7. The largest absolute Gasteiger partial charge is 0.481 e. The van der Waals surface area contributed by atoms with Crippen molar-refractivity contribution in [3.8, 4) is 0 Å². The molecule has 0 aliphatic rings. The van der Waals surface area contributed by atoms with Crippen LogP contribution in [0.1, 0.15) is 46.0 Å². The van der Waals surface area contributed by atoms with Gasteiger partial charge in [-0.1, -0.05) is 13.8 Å². The number of aliphatic carboxylic acids is 2. The van der Waals surface area contributed by atoms with Gasteiger partial charge in [-0.25, -0.2) is 4.79 Å². The maximum Gasteiger partial charge on any atom is 0.326 e. The number of carbonyl (C=O) groups excluding carboxylic acids is 4. The number of thioether (sulfide) groups is 1. The lowest BCUT2D eigenvalue weighted by Gasteiger charge is -2.24. The van der Waals surface area contributed by atoms with E-state index in [0.29, 0.717) is 12.2 Å². The minimum Gasteiger partial charge on any atom is -0.481 e. The Bertz CT molecular complexity index is 748. The van der Waals surface area contributed by atoms with Crippen LogP contribution in [0.4, 0.5) is 0 Å². The van der Waals surface area contributed by atoms with Crippen LogP contribution in [-0.4, -0.2) is 82.0 Å². The van der Waals surface area contributed by atoms with Crippen molar-refractivity contribution < 1.29 is 39.0 Å². The maximum absolute atomic E-state index is 12.8. The molecule has 0 saturated heterocycles. The van der Waals surface area contributed by atoms with Gasteiger partial charge in [0.15, 0.2) is 0 Å². The molecule has 0 rings (SSSR count). The highest BCUT2D eigenvalue weighted by molar-refractivity contribution is 7.98. The lowest BCUT2D eigenvalue weighted by Crippen LogP contribution is -2.57. The molecule has 0 aliphatic heterocycles. The fourth-order valence-corrected chi connectivity index (χ4v) is 3.34. The van der Waals surface area contributed by atoms with Gasteiger partial charge in [-0.15, -0.1) is 0 Å². The number of primary amides is 1. The molecule has 0 radical (unpaired) electrons. The summed E-state index contributed by atoms with van der Waals surface area (Å²) in [5.74, 6) is -5.50. The molecule has 0 spiro atoms. The van der Waals surface area contributed by atoms with Crippen LogP contribution in [0.25, 0.3) is 0 Å². The molecule has 0 bridgehead atoms. The van der Waals surface area contributed by atoms with Gasteiger partial charge in [0.25, 0.3) is 0 Å². The van der Waals surface area contributed by atoms with Crippen molar-refractivity contribution >= 4 is 47.3 Å². The summed E-state index contributed by atoms with van der Waals surface area (Å²) in [5, 5.41) is 25.3. The van der Waals surface area contributed by atoms with Crippen molar-refractivity contribution in [2.75, 3.05) is 12.0 Å². The first-order chi connectivity index (χ1) is 15.8. The van der Waals surface area contributed by atoms with Crippen LogP contribution >= 0.6 is 11.8 Å². The molecule has 13 nitrogen and oxygen atoms in total. The summed E-state index contributed by atoms with van der Waals surface area (Å²) in [4.78, 5) is 71.4. The molecule has 34 heavy (non-hydrogen) atoms. The van der Waals surface area contributed by atoms with Crippen molar-refractivity contribution in [2.24, 2.45) is 17.4 Å². The van der Waals surface area contributed by atoms with Crippen LogP contribution in [0, 0.1) is 5.92 Å². The third-order valence-electron chi connectivity index (χ3n) is 4.61. The number of carbonyl (C=O) groups is 6.